The molecule has 1 N–H and O–H groups in total. The van der Waals surface area contributed by atoms with E-state index in [1.165, 1.54) is 90.1 Å². The van der Waals surface area contributed by atoms with Gasteiger partial charge in [-0.3, -0.25) is 4.90 Å². The van der Waals surface area contributed by atoms with E-state index in [0.717, 1.165) is 12.1 Å². The normalized spacial score (nSPS) is 32.5. The largest absolute Gasteiger partial charge is 0.311 e. The zero-order chi connectivity index (χ0) is 13.8. The summed E-state index contributed by atoms with van der Waals surface area (Å²) in [7, 11) is 0. The maximum absolute atomic E-state index is 3.91. The van der Waals surface area contributed by atoms with Crippen LogP contribution in [0.15, 0.2) is 0 Å². The lowest BCUT2D eigenvalue weighted by atomic mass is 9.76. The molecule has 2 aliphatic carbocycles. The van der Waals surface area contributed by atoms with E-state index < -0.39 is 0 Å². The smallest absolute Gasteiger partial charge is 0.0337 e. The molecule has 3 aliphatic rings. The highest BCUT2D eigenvalue weighted by molar-refractivity contribution is 5.03. The van der Waals surface area contributed by atoms with Crippen molar-refractivity contribution in [2.45, 2.75) is 102 Å². The van der Waals surface area contributed by atoms with E-state index in [1.807, 2.05) is 0 Å². The molecular weight excluding hydrogens is 244 g/mol. The molecule has 3 fully saturated rings. The Morgan fingerprint density at radius 3 is 2.40 bits per heavy atom. The van der Waals surface area contributed by atoms with Gasteiger partial charge in [-0.15, -0.1) is 0 Å². The van der Waals surface area contributed by atoms with Crippen LogP contribution in [-0.4, -0.2) is 35.6 Å². The zero-order valence-electron chi connectivity index (χ0n) is 13.5. The van der Waals surface area contributed by atoms with Crippen LogP contribution in [0.25, 0.3) is 0 Å². The lowest BCUT2D eigenvalue weighted by Gasteiger charge is -2.55. The van der Waals surface area contributed by atoms with Crippen molar-refractivity contribution < 1.29 is 0 Å². The van der Waals surface area contributed by atoms with Crippen molar-refractivity contribution in [3.63, 3.8) is 0 Å². The summed E-state index contributed by atoms with van der Waals surface area (Å²) in [6.07, 6.45) is 17.4. The quantitative estimate of drug-likeness (QED) is 0.836. The second kappa shape index (κ2) is 6.79. The summed E-state index contributed by atoms with van der Waals surface area (Å²) in [4.78, 5) is 3.02. The Morgan fingerprint density at radius 1 is 1.00 bits per heavy atom. The third kappa shape index (κ3) is 3.06. The maximum Gasteiger partial charge on any atom is 0.0337 e. The first-order chi connectivity index (χ1) is 9.84. The molecule has 2 saturated carbocycles. The average Bonchev–Trinajstić information content (AvgIpc) is 2.51. The van der Waals surface area contributed by atoms with Crippen molar-refractivity contribution in [2.75, 3.05) is 13.1 Å². The Bertz CT molecular complexity index is 290. The Labute approximate surface area is 125 Å². The first-order valence-corrected chi connectivity index (χ1v) is 9.34. The van der Waals surface area contributed by atoms with Crippen LogP contribution in [0.2, 0.25) is 0 Å². The molecule has 1 heterocycles. The fraction of sp³-hybridized carbons (Fsp3) is 1.00. The second-order valence-corrected chi connectivity index (χ2v) is 7.60. The Morgan fingerprint density at radius 2 is 1.70 bits per heavy atom. The van der Waals surface area contributed by atoms with Crippen LogP contribution in [0.3, 0.4) is 0 Å². The summed E-state index contributed by atoms with van der Waals surface area (Å²) in [5, 5.41) is 3.91. The van der Waals surface area contributed by atoms with Crippen molar-refractivity contribution in [2.24, 2.45) is 0 Å². The summed E-state index contributed by atoms with van der Waals surface area (Å²) >= 11 is 0. The summed E-state index contributed by atoms with van der Waals surface area (Å²) in [6.45, 7) is 4.93. The van der Waals surface area contributed by atoms with Crippen LogP contribution in [0.4, 0.5) is 0 Å². The lowest BCUT2D eigenvalue weighted by molar-refractivity contribution is -0.0341. The van der Waals surface area contributed by atoms with Crippen LogP contribution in [0.1, 0.15) is 84.0 Å². The Balaban J connectivity index is 1.73. The van der Waals surface area contributed by atoms with Gasteiger partial charge in [0.25, 0.3) is 0 Å². The average molecular weight is 278 g/mol. The van der Waals surface area contributed by atoms with E-state index in [0.29, 0.717) is 5.54 Å². The number of nitrogens with zero attached hydrogens (tertiary/aromatic N) is 1. The van der Waals surface area contributed by atoms with Gasteiger partial charge in [-0.1, -0.05) is 51.9 Å². The van der Waals surface area contributed by atoms with Gasteiger partial charge in [0.05, 0.1) is 0 Å². The lowest BCUT2D eigenvalue weighted by Crippen LogP contribution is -2.67. The SMILES string of the molecule is CCCC1CN(C2CCCCC2)C2(CCCCC2)CN1. The van der Waals surface area contributed by atoms with Gasteiger partial charge in [0.1, 0.15) is 0 Å². The van der Waals surface area contributed by atoms with Crippen LogP contribution in [0, 0.1) is 0 Å². The molecule has 1 atom stereocenters. The van der Waals surface area contributed by atoms with Crippen LogP contribution in [0.5, 0.6) is 0 Å². The minimum absolute atomic E-state index is 0.532. The topological polar surface area (TPSA) is 15.3 Å². The van der Waals surface area contributed by atoms with E-state index >= 15 is 0 Å². The van der Waals surface area contributed by atoms with Crippen LogP contribution in [-0.2, 0) is 0 Å². The van der Waals surface area contributed by atoms with Crippen LogP contribution >= 0.6 is 0 Å². The van der Waals surface area contributed by atoms with Crippen molar-refractivity contribution in [3.05, 3.63) is 0 Å². The van der Waals surface area contributed by atoms with E-state index in [-0.39, 0.29) is 0 Å². The first-order valence-electron chi connectivity index (χ1n) is 9.34. The van der Waals surface area contributed by atoms with Gasteiger partial charge in [0, 0.05) is 30.7 Å². The van der Waals surface area contributed by atoms with Gasteiger partial charge < -0.3 is 5.32 Å². The molecule has 0 amide bonds. The zero-order valence-corrected chi connectivity index (χ0v) is 13.5. The van der Waals surface area contributed by atoms with Gasteiger partial charge in [-0.2, -0.15) is 0 Å². The second-order valence-electron chi connectivity index (χ2n) is 7.60. The Hall–Kier alpha value is -0.0800. The molecular formula is C18H34N2. The Kier molecular flexibility index (Phi) is 5.04. The molecule has 116 valence electrons. The highest BCUT2D eigenvalue weighted by atomic mass is 15.3. The van der Waals surface area contributed by atoms with E-state index in [1.54, 1.807) is 0 Å². The summed E-state index contributed by atoms with van der Waals surface area (Å²) in [5.74, 6) is 0. The molecule has 0 radical (unpaired) electrons. The molecule has 1 saturated heterocycles. The highest BCUT2D eigenvalue weighted by Gasteiger charge is 2.44. The molecule has 1 spiro atoms. The predicted octanol–water partition coefficient (Wildman–Crippen LogP) is 4.10. The van der Waals surface area contributed by atoms with Crippen molar-refractivity contribution in [1.82, 2.24) is 10.2 Å². The van der Waals surface area contributed by atoms with Crippen molar-refractivity contribution in [3.8, 4) is 0 Å². The fourth-order valence-electron chi connectivity index (χ4n) is 5.08. The fourth-order valence-corrected chi connectivity index (χ4v) is 5.08. The molecule has 0 bridgehead atoms. The first kappa shape index (κ1) is 14.8. The molecule has 3 rings (SSSR count). The van der Waals surface area contributed by atoms with Crippen molar-refractivity contribution >= 4 is 0 Å². The van der Waals surface area contributed by atoms with Crippen LogP contribution < -0.4 is 5.32 Å². The molecule has 0 aromatic rings. The highest BCUT2D eigenvalue weighted by Crippen LogP contribution is 2.39. The van der Waals surface area contributed by atoms with Gasteiger partial charge in [-0.05, 0) is 32.1 Å². The molecule has 1 aliphatic heterocycles. The van der Waals surface area contributed by atoms with E-state index in [9.17, 15) is 0 Å². The minimum Gasteiger partial charge on any atom is -0.311 e. The monoisotopic (exact) mass is 278 g/mol. The number of hydrogen-bond acceptors (Lipinski definition) is 2. The van der Waals surface area contributed by atoms with Gasteiger partial charge >= 0.3 is 0 Å². The number of nitrogens with one attached hydrogen (secondary N) is 1. The number of piperazine rings is 1. The summed E-state index contributed by atoms with van der Waals surface area (Å²) < 4.78 is 0. The summed E-state index contributed by atoms with van der Waals surface area (Å²) in [6, 6.07) is 1.66. The molecule has 0 aromatic carbocycles. The number of rotatable bonds is 3. The molecule has 1 unspecified atom stereocenters. The molecule has 0 aromatic heterocycles. The molecule has 2 nitrogen and oxygen atoms in total. The van der Waals surface area contributed by atoms with Gasteiger partial charge in [0.2, 0.25) is 0 Å². The van der Waals surface area contributed by atoms with E-state index in [2.05, 4.69) is 17.1 Å². The predicted molar refractivity (Wildman–Crippen MR) is 86.1 cm³/mol. The van der Waals surface area contributed by atoms with Crippen molar-refractivity contribution in [1.29, 1.82) is 0 Å². The minimum atomic E-state index is 0.532. The molecule has 20 heavy (non-hydrogen) atoms. The summed E-state index contributed by atoms with van der Waals surface area (Å²) in [5.41, 5.74) is 0.532. The third-order valence-corrected chi connectivity index (χ3v) is 6.18. The van der Waals surface area contributed by atoms with Gasteiger partial charge in [-0.25, -0.2) is 0 Å². The molecule has 2 heteroatoms. The third-order valence-electron chi connectivity index (χ3n) is 6.18. The maximum atomic E-state index is 3.91. The standard InChI is InChI=1S/C18H34N2/c1-2-9-16-14-20(17-10-5-3-6-11-17)18(15-19-16)12-7-4-8-13-18/h16-17,19H,2-15H2,1H3. The van der Waals surface area contributed by atoms with Gasteiger partial charge in [0.15, 0.2) is 0 Å². The number of hydrogen-bond donors (Lipinski definition) is 1. The van der Waals surface area contributed by atoms with E-state index in [4.69, 9.17) is 0 Å².